The lowest BCUT2D eigenvalue weighted by Gasteiger charge is -2.08. The van der Waals surface area contributed by atoms with Crippen LogP contribution in [0, 0.1) is 12.3 Å². The van der Waals surface area contributed by atoms with Gasteiger partial charge in [-0.3, -0.25) is 4.90 Å². The summed E-state index contributed by atoms with van der Waals surface area (Å²) in [5.41, 5.74) is 2.85. The smallest absolute Gasteiger partial charge is 0.0605 e. The molecule has 1 aliphatic heterocycles. The standard InChI is InChI=1S/C11H11N/c1-2-7-12-8-10-5-3-4-6-11(10)9-12/h1,3-6H,7-9H2. The molecule has 12 heavy (non-hydrogen) atoms. The third-order valence-corrected chi connectivity index (χ3v) is 2.22. The van der Waals surface area contributed by atoms with Gasteiger partial charge in [-0.05, 0) is 11.1 Å². The summed E-state index contributed by atoms with van der Waals surface area (Å²) in [7, 11) is 0. The van der Waals surface area contributed by atoms with Crippen molar-refractivity contribution in [1.29, 1.82) is 0 Å². The second-order valence-electron chi connectivity index (χ2n) is 3.12. The lowest BCUT2D eigenvalue weighted by molar-refractivity contribution is 0.322. The first-order chi connectivity index (χ1) is 5.90. The van der Waals surface area contributed by atoms with Gasteiger partial charge in [0.25, 0.3) is 0 Å². The van der Waals surface area contributed by atoms with Gasteiger partial charge in [-0.15, -0.1) is 6.42 Å². The predicted octanol–water partition coefficient (Wildman–Crippen LogP) is 1.64. The van der Waals surface area contributed by atoms with Crippen molar-refractivity contribution in [3.8, 4) is 12.3 Å². The molecule has 60 valence electrons. The molecule has 0 atom stereocenters. The molecular weight excluding hydrogens is 146 g/mol. The minimum absolute atomic E-state index is 0.759. The van der Waals surface area contributed by atoms with Crippen LogP contribution in [0.3, 0.4) is 0 Å². The molecule has 0 fully saturated rings. The highest BCUT2D eigenvalue weighted by molar-refractivity contribution is 5.30. The molecule has 1 aliphatic rings. The lowest BCUT2D eigenvalue weighted by Crippen LogP contribution is -2.15. The van der Waals surface area contributed by atoms with Crippen molar-refractivity contribution in [2.75, 3.05) is 6.54 Å². The Hall–Kier alpha value is -1.26. The Bertz CT molecular complexity index is 297. The first-order valence-corrected chi connectivity index (χ1v) is 4.13. The van der Waals surface area contributed by atoms with Crippen LogP contribution in [-0.4, -0.2) is 11.4 Å². The van der Waals surface area contributed by atoms with E-state index in [2.05, 4.69) is 35.1 Å². The lowest BCUT2D eigenvalue weighted by atomic mass is 10.1. The minimum atomic E-state index is 0.759. The van der Waals surface area contributed by atoms with Crippen molar-refractivity contribution in [2.45, 2.75) is 13.1 Å². The van der Waals surface area contributed by atoms with Gasteiger partial charge in [0.15, 0.2) is 0 Å². The first kappa shape index (κ1) is 7.39. The normalized spacial score (nSPS) is 15.6. The first-order valence-electron chi connectivity index (χ1n) is 4.13. The van der Waals surface area contributed by atoms with Gasteiger partial charge in [-0.2, -0.15) is 0 Å². The van der Waals surface area contributed by atoms with Crippen molar-refractivity contribution >= 4 is 0 Å². The van der Waals surface area contributed by atoms with E-state index in [4.69, 9.17) is 6.42 Å². The number of hydrogen-bond acceptors (Lipinski definition) is 1. The van der Waals surface area contributed by atoms with E-state index in [1.54, 1.807) is 0 Å². The van der Waals surface area contributed by atoms with E-state index in [0.29, 0.717) is 0 Å². The van der Waals surface area contributed by atoms with Crippen LogP contribution in [0.15, 0.2) is 24.3 Å². The van der Waals surface area contributed by atoms with E-state index in [1.807, 2.05) is 0 Å². The van der Waals surface area contributed by atoms with Crippen LogP contribution >= 0.6 is 0 Å². The molecule has 0 bridgehead atoms. The van der Waals surface area contributed by atoms with Gasteiger partial charge in [0.2, 0.25) is 0 Å². The van der Waals surface area contributed by atoms with E-state index in [1.165, 1.54) is 11.1 Å². The number of nitrogens with zero attached hydrogens (tertiary/aromatic N) is 1. The average Bonchev–Trinajstić information content (AvgIpc) is 2.47. The molecule has 1 heteroatoms. The second-order valence-corrected chi connectivity index (χ2v) is 3.12. The zero-order valence-corrected chi connectivity index (χ0v) is 6.96. The minimum Gasteiger partial charge on any atom is -0.284 e. The summed E-state index contributed by atoms with van der Waals surface area (Å²) in [5.74, 6) is 2.67. The zero-order valence-electron chi connectivity index (χ0n) is 6.96. The monoisotopic (exact) mass is 157 g/mol. The van der Waals surface area contributed by atoms with Gasteiger partial charge in [-0.25, -0.2) is 0 Å². The molecule has 2 rings (SSSR count). The topological polar surface area (TPSA) is 3.24 Å². The maximum Gasteiger partial charge on any atom is 0.0605 e. The van der Waals surface area contributed by atoms with E-state index >= 15 is 0 Å². The zero-order chi connectivity index (χ0) is 8.39. The molecule has 0 N–H and O–H groups in total. The van der Waals surface area contributed by atoms with Crippen molar-refractivity contribution in [3.05, 3.63) is 35.4 Å². The van der Waals surface area contributed by atoms with E-state index < -0.39 is 0 Å². The highest BCUT2D eigenvalue weighted by Crippen LogP contribution is 2.21. The van der Waals surface area contributed by atoms with Crippen LogP contribution in [0.4, 0.5) is 0 Å². The van der Waals surface area contributed by atoms with Gasteiger partial charge in [0.05, 0.1) is 6.54 Å². The number of benzene rings is 1. The summed E-state index contributed by atoms with van der Waals surface area (Å²) in [6, 6.07) is 8.51. The molecule has 1 heterocycles. The molecule has 0 aromatic heterocycles. The van der Waals surface area contributed by atoms with Gasteiger partial charge in [0.1, 0.15) is 0 Å². The van der Waals surface area contributed by atoms with Crippen LogP contribution in [0.1, 0.15) is 11.1 Å². The molecular formula is C11H11N. The van der Waals surface area contributed by atoms with E-state index in [9.17, 15) is 0 Å². The Balaban J connectivity index is 2.18. The van der Waals surface area contributed by atoms with Gasteiger partial charge >= 0.3 is 0 Å². The number of rotatable bonds is 1. The Morgan fingerprint density at radius 3 is 2.33 bits per heavy atom. The highest BCUT2D eigenvalue weighted by Gasteiger charge is 2.16. The van der Waals surface area contributed by atoms with E-state index in [-0.39, 0.29) is 0 Å². The molecule has 0 saturated heterocycles. The fourth-order valence-corrected chi connectivity index (χ4v) is 1.64. The largest absolute Gasteiger partial charge is 0.284 e. The van der Waals surface area contributed by atoms with Crippen molar-refractivity contribution in [3.63, 3.8) is 0 Å². The third kappa shape index (κ3) is 1.22. The molecule has 0 amide bonds. The molecule has 0 radical (unpaired) electrons. The van der Waals surface area contributed by atoms with Gasteiger partial charge in [-0.1, -0.05) is 30.2 Å². The number of fused-ring (bicyclic) bond motifs is 1. The van der Waals surface area contributed by atoms with Crippen LogP contribution in [0.25, 0.3) is 0 Å². The average molecular weight is 157 g/mol. The molecule has 0 saturated carbocycles. The fraction of sp³-hybridized carbons (Fsp3) is 0.273. The maximum absolute atomic E-state index is 5.25. The molecule has 0 unspecified atom stereocenters. The number of hydrogen-bond donors (Lipinski definition) is 0. The van der Waals surface area contributed by atoms with Crippen LogP contribution < -0.4 is 0 Å². The summed E-state index contributed by atoms with van der Waals surface area (Å²) in [4.78, 5) is 2.27. The molecule has 1 aromatic carbocycles. The summed E-state index contributed by atoms with van der Waals surface area (Å²) in [5, 5.41) is 0. The van der Waals surface area contributed by atoms with Crippen molar-refractivity contribution in [1.82, 2.24) is 4.90 Å². The van der Waals surface area contributed by atoms with Crippen LogP contribution in [0.5, 0.6) is 0 Å². The number of terminal acetylenes is 1. The Labute approximate surface area is 73.0 Å². The molecule has 0 aliphatic carbocycles. The van der Waals surface area contributed by atoms with Gasteiger partial charge in [0, 0.05) is 13.1 Å². The maximum atomic E-state index is 5.25. The SMILES string of the molecule is C#CCN1Cc2ccccc2C1. The van der Waals surface area contributed by atoms with Crippen molar-refractivity contribution in [2.24, 2.45) is 0 Å². The van der Waals surface area contributed by atoms with Crippen molar-refractivity contribution < 1.29 is 0 Å². The summed E-state index contributed by atoms with van der Waals surface area (Å²) < 4.78 is 0. The summed E-state index contributed by atoms with van der Waals surface area (Å²) in [6.45, 7) is 2.79. The molecule has 1 aromatic rings. The molecule has 1 nitrogen and oxygen atoms in total. The summed E-state index contributed by atoms with van der Waals surface area (Å²) >= 11 is 0. The Morgan fingerprint density at radius 1 is 1.25 bits per heavy atom. The van der Waals surface area contributed by atoms with Crippen LogP contribution in [0.2, 0.25) is 0 Å². The molecule has 0 spiro atoms. The third-order valence-electron chi connectivity index (χ3n) is 2.22. The second kappa shape index (κ2) is 3.00. The Kier molecular flexibility index (Phi) is 1.85. The predicted molar refractivity (Wildman–Crippen MR) is 49.4 cm³/mol. The quantitative estimate of drug-likeness (QED) is 0.560. The van der Waals surface area contributed by atoms with E-state index in [0.717, 1.165) is 19.6 Å². The summed E-state index contributed by atoms with van der Waals surface area (Å²) in [6.07, 6.45) is 5.25. The van der Waals surface area contributed by atoms with Crippen LogP contribution in [-0.2, 0) is 13.1 Å². The Morgan fingerprint density at radius 2 is 1.83 bits per heavy atom. The highest BCUT2D eigenvalue weighted by atomic mass is 15.1. The van der Waals surface area contributed by atoms with Gasteiger partial charge < -0.3 is 0 Å². The fourth-order valence-electron chi connectivity index (χ4n) is 1.64.